The maximum absolute atomic E-state index is 12.4. The molecule has 0 aliphatic heterocycles. The number of carbonyl (C=O) groups is 1. The van der Waals surface area contributed by atoms with Crippen LogP contribution in [0.5, 0.6) is 0 Å². The topological polar surface area (TPSA) is 64.7 Å². The molecule has 118 valence electrons. The molecule has 2 heterocycles. The molecular formula is C17H19N5O. The van der Waals surface area contributed by atoms with Crippen LogP contribution in [0.2, 0.25) is 0 Å². The van der Waals surface area contributed by atoms with Crippen LogP contribution < -0.4 is 5.32 Å². The van der Waals surface area contributed by atoms with Gasteiger partial charge in [-0.2, -0.15) is 10.2 Å². The third-order valence-corrected chi connectivity index (χ3v) is 3.81. The molecule has 0 bridgehead atoms. The fraction of sp³-hybridized carbons (Fsp3) is 0.235. The minimum atomic E-state index is -0.188. The van der Waals surface area contributed by atoms with Gasteiger partial charge in [-0.05, 0) is 38.0 Å². The van der Waals surface area contributed by atoms with Crippen molar-refractivity contribution in [3.8, 4) is 5.69 Å². The van der Waals surface area contributed by atoms with Gasteiger partial charge < -0.3 is 5.32 Å². The number of nitrogens with one attached hydrogen (secondary N) is 1. The number of hydrogen-bond acceptors (Lipinski definition) is 3. The number of carbonyl (C=O) groups excluding carboxylic acids is 1. The molecule has 1 amide bonds. The summed E-state index contributed by atoms with van der Waals surface area (Å²) in [5.74, 6) is -0.188. The lowest BCUT2D eigenvalue weighted by molar-refractivity contribution is 0.102. The Morgan fingerprint density at radius 2 is 1.91 bits per heavy atom. The number of nitrogens with zero attached hydrogens (tertiary/aromatic N) is 4. The lowest BCUT2D eigenvalue weighted by Crippen LogP contribution is -2.13. The van der Waals surface area contributed by atoms with E-state index in [-0.39, 0.29) is 5.91 Å². The molecule has 1 N–H and O–H groups in total. The van der Waals surface area contributed by atoms with E-state index >= 15 is 0 Å². The molecule has 3 aromatic rings. The third-order valence-electron chi connectivity index (χ3n) is 3.81. The summed E-state index contributed by atoms with van der Waals surface area (Å²) in [5, 5.41) is 11.3. The van der Waals surface area contributed by atoms with Crippen molar-refractivity contribution >= 4 is 11.6 Å². The number of anilines is 1. The number of amides is 1. The van der Waals surface area contributed by atoms with E-state index in [9.17, 15) is 4.79 Å². The van der Waals surface area contributed by atoms with Gasteiger partial charge in [0.05, 0.1) is 35.0 Å². The summed E-state index contributed by atoms with van der Waals surface area (Å²) in [4.78, 5) is 12.4. The van der Waals surface area contributed by atoms with Crippen molar-refractivity contribution < 1.29 is 4.79 Å². The van der Waals surface area contributed by atoms with Gasteiger partial charge in [-0.25, -0.2) is 4.68 Å². The molecule has 0 fully saturated rings. The van der Waals surface area contributed by atoms with Gasteiger partial charge >= 0.3 is 0 Å². The highest BCUT2D eigenvalue weighted by atomic mass is 16.1. The lowest BCUT2D eigenvalue weighted by atomic mass is 10.1. The quantitative estimate of drug-likeness (QED) is 0.809. The monoisotopic (exact) mass is 309 g/mol. The number of hydrogen-bond donors (Lipinski definition) is 1. The second-order valence-electron chi connectivity index (χ2n) is 5.70. The predicted octanol–water partition coefficient (Wildman–Crippen LogP) is 2.78. The Balaban J connectivity index is 1.92. The molecule has 6 nitrogen and oxygen atoms in total. The standard InChI is InChI=1S/C17H19N5O/c1-11-5-6-12(2)16(7-11)22-13(3)15(9-19-22)17(23)20-14-8-18-21(4)10-14/h5-10H,1-4H3,(H,20,23). The zero-order valence-corrected chi connectivity index (χ0v) is 13.7. The van der Waals surface area contributed by atoms with Crippen LogP contribution >= 0.6 is 0 Å². The van der Waals surface area contributed by atoms with Crippen LogP contribution in [-0.4, -0.2) is 25.5 Å². The Morgan fingerprint density at radius 1 is 1.13 bits per heavy atom. The second-order valence-corrected chi connectivity index (χ2v) is 5.70. The molecule has 0 aliphatic rings. The number of aromatic nitrogens is 4. The maximum atomic E-state index is 12.4. The lowest BCUT2D eigenvalue weighted by Gasteiger charge is -2.10. The van der Waals surface area contributed by atoms with Crippen LogP contribution in [0, 0.1) is 20.8 Å². The molecule has 1 aromatic carbocycles. The maximum Gasteiger partial charge on any atom is 0.259 e. The van der Waals surface area contributed by atoms with E-state index in [0.29, 0.717) is 11.3 Å². The number of benzene rings is 1. The Labute approximate surface area is 134 Å². The minimum absolute atomic E-state index is 0.188. The van der Waals surface area contributed by atoms with E-state index in [2.05, 4.69) is 33.7 Å². The van der Waals surface area contributed by atoms with Crippen molar-refractivity contribution in [2.45, 2.75) is 20.8 Å². The SMILES string of the molecule is Cc1ccc(C)c(-n2ncc(C(=O)Nc3cnn(C)c3)c2C)c1. The van der Waals surface area contributed by atoms with Gasteiger partial charge in [0, 0.05) is 13.2 Å². The first kappa shape index (κ1) is 15.0. The van der Waals surface area contributed by atoms with Gasteiger partial charge in [-0.3, -0.25) is 9.48 Å². The largest absolute Gasteiger partial charge is 0.319 e. The van der Waals surface area contributed by atoms with Crippen molar-refractivity contribution in [2.24, 2.45) is 7.05 Å². The fourth-order valence-corrected chi connectivity index (χ4v) is 2.51. The molecule has 0 radical (unpaired) electrons. The minimum Gasteiger partial charge on any atom is -0.319 e. The summed E-state index contributed by atoms with van der Waals surface area (Å²) in [6.07, 6.45) is 4.97. The van der Waals surface area contributed by atoms with E-state index in [0.717, 1.165) is 22.5 Å². The molecule has 0 unspecified atom stereocenters. The molecule has 2 aromatic heterocycles. The number of rotatable bonds is 3. The smallest absolute Gasteiger partial charge is 0.259 e. The molecule has 0 saturated heterocycles. The predicted molar refractivity (Wildman–Crippen MR) is 88.9 cm³/mol. The molecule has 23 heavy (non-hydrogen) atoms. The highest BCUT2D eigenvalue weighted by Crippen LogP contribution is 2.20. The average Bonchev–Trinajstić information content (AvgIpc) is 3.08. The first-order chi connectivity index (χ1) is 11.0. The highest BCUT2D eigenvalue weighted by molar-refractivity contribution is 6.04. The van der Waals surface area contributed by atoms with Gasteiger partial charge in [0.2, 0.25) is 0 Å². The fourth-order valence-electron chi connectivity index (χ4n) is 2.51. The molecule has 0 saturated carbocycles. The van der Waals surface area contributed by atoms with Crippen LogP contribution in [0.4, 0.5) is 5.69 Å². The summed E-state index contributed by atoms with van der Waals surface area (Å²) in [6, 6.07) is 6.19. The van der Waals surface area contributed by atoms with E-state index in [1.165, 1.54) is 0 Å². The van der Waals surface area contributed by atoms with E-state index < -0.39 is 0 Å². The molecule has 6 heteroatoms. The zero-order valence-electron chi connectivity index (χ0n) is 13.7. The van der Waals surface area contributed by atoms with Crippen LogP contribution in [0.1, 0.15) is 27.2 Å². The van der Waals surface area contributed by atoms with Crippen molar-refractivity contribution in [3.05, 3.63) is 59.2 Å². The van der Waals surface area contributed by atoms with Crippen molar-refractivity contribution in [1.29, 1.82) is 0 Å². The zero-order chi connectivity index (χ0) is 16.6. The Hall–Kier alpha value is -2.89. The second kappa shape index (κ2) is 5.72. The van der Waals surface area contributed by atoms with Crippen molar-refractivity contribution in [3.63, 3.8) is 0 Å². The van der Waals surface area contributed by atoms with E-state index in [1.807, 2.05) is 20.8 Å². The Bertz CT molecular complexity index is 875. The Kier molecular flexibility index (Phi) is 3.73. The summed E-state index contributed by atoms with van der Waals surface area (Å²) in [7, 11) is 1.81. The molecule has 3 rings (SSSR count). The van der Waals surface area contributed by atoms with Gasteiger partial charge in [0.15, 0.2) is 0 Å². The summed E-state index contributed by atoms with van der Waals surface area (Å²) < 4.78 is 3.45. The van der Waals surface area contributed by atoms with Gasteiger partial charge in [-0.15, -0.1) is 0 Å². The average molecular weight is 309 g/mol. The normalized spacial score (nSPS) is 10.8. The van der Waals surface area contributed by atoms with Crippen LogP contribution in [0.15, 0.2) is 36.8 Å². The number of aryl methyl sites for hydroxylation is 3. The van der Waals surface area contributed by atoms with E-state index in [1.54, 1.807) is 35.0 Å². The van der Waals surface area contributed by atoms with Crippen LogP contribution in [0.25, 0.3) is 5.69 Å². The van der Waals surface area contributed by atoms with Crippen molar-refractivity contribution in [1.82, 2.24) is 19.6 Å². The summed E-state index contributed by atoms with van der Waals surface area (Å²) >= 11 is 0. The highest BCUT2D eigenvalue weighted by Gasteiger charge is 2.16. The molecule has 0 atom stereocenters. The summed E-state index contributed by atoms with van der Waals surface area (Å²) in [6.45, 7) is 5.97. The van der Waals surface area contributed by atoms with E-state index in [4.69, 9.17) is 0 Å². The van der Waals surface area contributed by atoms with Crippen LogP contribution in [0.3, 0.4) is 0 Å². The Morgan fingerprint density at radius 3 is 2.61 bits per heavy atom. The van der Waals surface area contributed by atoms with Crippen molar-refractivity contribution in [2.75, 3.05) is 5.32 Å². The molecule has 0 spiro atoms. The molecular weight excluding hydrogens is 290 g/mol. The third kappa shape index (κ3) is 2.88. The molecule has 0 aliphatic carbocycles. The summed E-state index contributed by atoms with van der Waals surface area (Å²) in [5.41, 5.74) is 5.28. The first-order valence-corrected chi connectivity index (χ1v) is 7.38. The van der Waals surface area contributed by atoms with Crippen LogP contribution in [-0.2, 0) is 7.05 Å². The van der Waals surface area contributed by atoms with Gasteiger partial charge in [-0.1, -0.05) is 12.1 Å². The van der Waals surface area contributed by atoms with Gasteiger partial charge in [0.25, 0.3) is 5.91 Å². The first-order valence-electron chi connectivity index (χ1n) is 7.38. The van der Waals surface area contributed by atoms with Gasteiger partial charge in [0.1, 0.15) is 0 Å².